The lowest BCUT2D eigenvalue weighted by atomic mass is 9.94. The lowest BCUT2D eigenvalue weighted by Crippen LogP contribution is -2.14. The molecular formula is C13H19NO. The van der Waals surface area contributed by atoms with Crippen LogP contribution in [0, 0.1) is 6.92 Å². The van der Waals surface area contributed by atoms with Crippen LogP contribution in [0.5, 0.6) is 5.75 Å². The number of hydrogen-bond acceptors (Lipinski definition) is 2. The molecule has 0 saturated carbocycles. The molecule has 0 amide bonds. The molecule has 82 valence electrons. The van der Waals surface area contributed by atoms with Gasteiger partial charge in [-0.05, 0) is 18.4 Å². The fourth-order valence-corrected chi connectivity index (χ4v) is 1.81. The molecule has 1 N–H and O–H groups in total. The van der Waals surface area contributed by atoms with E-state index in [4.69, 9.17) is 4.84 Å². The quantitative estimate of drug-likeness (QED) is 0.762. The largest absolute Gasteiger partial charge is 0.408 e. The summed E-state index contributed by atoms with van der Waals surface area (Å²) in [6.45, 7) is 10.2. The number of aryl methyl sites for hydroxylation is 1. The van der Waals surface area contributed by atoms with Crippen LogP contribution in [0.4, 0.5) is 0 Å². The molecule has 0 heterocycles. The summed E-state index contributed by atoms with van der Waals surface area (Å²) in [7, 11) is 1.76. The summed E-state index contributed by atoms with van der Waals surface area (Å²) >= 11 is 0. The molecule has 0 fully saturated rings. The second-order valence-electron chi connectivity index (χ2n) is 3.88. The van der Waals surface area contributed by atoms with E-state index in [1.807, 2.05) is 12.1 Å². The van der Waals surface area contributed by atoms with Crippen LogP contribution in [0.3, 0.4) is 0 Å². The monoisotopic (exact) mass is 205 g/mol. The van der Waals surface area contributed by atoms with Gasteiger partial charge in [0, 0.05) is 18.2 Å². The molecule has 1 rings (SSSR count). The van der Waals surface area contributed by atoms with Gasteiger partial charge in [-0.1, -0.05) is 38.6 Å². The van der Waals surface area contributed by atoms with E-state index in [2.05, 4.69) is 38.9 Å². The molecule has 15 heavy (non-hydrogen) atoms. The molecule has 2 nitrogen and oxygen atoms in total. The number of hydroxylamine groups is 1. The van der Waals surface area contributed by atoms with E-state index in [-0.39, 0.29) is 0 Å². The minimum atomic E-state index is 0.438. The van der Waals surface area contributed by atoms with Gasteiger partial charge < -0.3 is 4.84 Å². The third-order valence-corrected chi connectivity index (χ3v) is 2.45. The summed E-state index contributed by atoms with van der Waals surface area (Å²) in [6.07, 6.45) is 1.82. The van der Waals surface area contributed by atoms with Crippen molar-refractivity contribution in [2.24, 2.45) is 0 Å². The molecule has 0 bridgehead atoms. The van der Waals surface area contributed by atoms with E-state index < -0.39 is 0 Å². The van der Waals surface area contributed by atoms with Gasteiger partial charge in [0.15, 0.2) is 5.75 Å². The first-order valence-electron chi connectivity index (χ1n) is 5.21. The first-order valence-corrected chi connectivity index (χ1v) is 5.21. The van der Waals surface area contributed by atoms with Gasteiger partial charge in [0.1, 0.15) is 0 Å². The van der Waals surface area contributed by atoms with E-state index in [1.54, 1.807) is 7.05 Å². The van der Waals surface area contributed by atoms with Crippen molar-refractivity contribution in [1.82, 2.24) is 5.48 Å². The van der Waals surface area contributed by atoms with E-state index >= 15 is 0 Å². The van der Waals surface area contributed by atoms with E-state index in [1.165, 1.54) is 11.1 Å². The normalized spacial score (nSPS) is 10.5. The van der Waals surface area contributed by atoms with Crippen LogP contribution >= 0.6 is 0 Å². The summed E-state index contributed by atoms with van der Waals surface area (Å²) < 4.78 is 0. The van der Waals surface area contributed by atoms with Crippen LogP contribution in [-0.2, 0) is 0 Å². The second-order valence-corrected chi connectivity index (χ2v) is 3.88. The number of rotatable bonds is 4. The molecule has 0 spiro atoms. The Labute approximate surface area is 91.9 Å². The maximum Gasteiger partial charge on any atom is 0.158 e. The van der Waals surface area contributed by atoms with Crippen molar-refractivity contribution in [2.75, 3.05) is 7.05 Å². The van der Waals surface area contributed by atoms with Crippen LogP contribution in [0.1, 0.15) is 36.5 Å². The van der Waals surface area contributed by atoms with Gasteiger partial charge in [-0.25, -0.2) is 0 Å². The number of hydrogen-bond donors (Lipinski definition) is 1. The Morgan fingerprint density at radius 2 is 2.07 bits per heavy atom. The summed E-state index contributed by atoms with van der Waals surface area (Å²) in [5.41, 5.74) is 6.25. The average molecular weight is 205 g/mol. The Kier molecular flexibility index (Phi) is 3.92. The zero-order chi connectivity index (χ0) is 11.4. The van der Waals surface area contributed by atoms with Crippen LogP contribution in [0.25, 0.3) is 6.08 Å². The predicted molar refractivity (Wildman–Crippen MR) is 65.0 cm³/mol. The highest BCUT2D eigenvalue weighted by molar-refractivity contribution is 5.61. The van der Waals surface area contributed by atoms with E-state index in [0.717, 1.165) is 11.3 Å². The first kappa shape index (κ1) is 11.8. The highest BCUT2D eigenvalue weighted by Gasteiger charge is 2.14. The molecule has 1 aromatic rings. The molecule has 2 heteroatoms. The fourth-order valence-electron chi connectivity index (χ4n) is 1.81. The smallest absolute Gasteiger partial charge is 0.158 e. The maximum absolute atomic E-state index is 5.48. The fraction of sp³-hybridized carbons (Fsp3) is 0.385. The van der Waals surface area contributed by atoms with Gasteiger partial charge in [-0.2, -0.15) is 5.48 Å². The van der Waals surface area contributed by atoms with Crippen LogP contribution in [0.15, 0.2) is 18.7 Å². The van der Waals surface area contributed by atoms with Crippen LogP contribution in [0.2, 0.25) is 0 Å². The standard InChI is InChI=1S/C13H19NO/c1-6-11-8-7-10(4)12(9(2)3)13(11)15-14-5/h6-9,14H,1H2,2-5H3. The molecule has 0 unspecified atom stereocenters. The van der Waals surface area contributed by atoms with Gasteiger partial charge in [0.2, 0.25) is 0 Å². The molecule has 0 aliphatic carbocycles. The number of nitrogens with one attached hydrogen (secondary N) is 1. The number of benzene rings is 1. The van der Waals surface area contributed by atoms with E-state index in [0.29, 0.717) is 5.92 Å². The van der Waals surface area contributed by atoms with Gasteiger partial charge in [0.25, 0.3) is 0 Å². The summed E-state index contributed by atoms with van der Waals surface area (Å²) in [5, 5.41) is 0. The topological polar surface area (TPSA) is 21.3 Å². The molecule has 0 radical (unpaired) electrons. The Bertz CT molecular complexity index is 356. The van der Waals surface area contributed by atoms with Gasteiger partial charge >= 0.3 is 0 Å². The zero-order valence-electron chi connectivity index (χ0n) is 9.92. The third kappa shape index (κ3) is 2.39. The molecule has 0 aliphatic heterocycles. The summed E-state index contributed by atoms with van der Waals surface area (Å²) in [5.74, 6) is 1.33. The second kappa shape index (κ2) is 4.99. The Hall–Kier alpha value is -1.28. The Morgan fingerprint density at radius 3 is 2.53 bits per heavy atom. The molecule has 1 aromatic carbocycles. The van der Waals surface area contributed by atoms with Crippen molar-refractivity contribution in [3.8, 4) is 5.75 Å². The first-order chi connectivity index (χ1) is 7.11. The third-order valence-electron chi connectivity index (χ3n) is 2.45. The summed E-state index contributed by atoms with van der Waals surface area (Å²) in [6, 6.07) is 4.13. The van der Waals surface area contributed by atoms with Crippen LogP contribution < -0.4 is 10.3 Å². The molecule has 0 aromatic heterocycles. The summed E-state index contributed by atoms with van der Waals surface area (Å²) in [4.78, 5) is 5.48. The minimum Gasteiger partial charge on any atom is -0.408 e. The molecular weight excluding hydrogens is 186 g/mol. The maximum atomic E-state index is 5.48. The average Bonchev–Trinajstić information content (AvgIpc) is 2.18. The van der Waals surface area contributed by atoms with Crippen molar-refractivity contribution in [3.63, 3.8) is 0 Å². The molecule has 0 saturated heterocycles. The molecule has 0 atom stereocenters. The lowest BCUT2D eigenvalue weighted by molar-refractivity contribution is 0.220. The Morgan fingerprint density at radius 1 is 1.40 bits per heavy atom. The Balaban J connectivity index is 3.36. The van der Waals surface area contributed by atoms with E-state index in [9.17, 15) is 0 Å². The van der Waals surface area contributed by atoms with Crippen LogP contribution in [-0.4, -0.2) is 7.05 Å². The van der Waals surface area contributed by atoms with Gasteiger partial charge in [-0.3, -0.25) is 0 Å². The SMILES string of the molecule is C=Cc1ccc(C)c(C(C)C)c1ONC. The lowest BCUT2D eigenvalue weighted by Gasteiger charge is -2.17. The highest BCUT2D eigenvalue weighted by atomic mass is 16.6. The van der Waals surface area contributed by atoms with Crippen molar-refractivity contribution in [1.29, 1.82) is 0 Å². The highest BCUT2D eigenvalue weighted by Crippen LogP contribution is 2.33. The van der Waals surface area contributed by atoms with Crippen molar-refractivity contribution in [3.05, 3.63) is 35.4 Å². The van der Waals surface area contributed by atoms with Crippen molar-refractivity contribution in [2.45, 2.75) is 26.7 Å². The zero-order valence-corrected chi connectivity index (χ0v) is 9.92. The minimum absolute atomic E-state index is 0.438. The van der Waals surface area contributed by atoms with Crippen molar-refractivity contribution >= 4 is 6.08 Å². The molecule has 0 aliphatic rings. The predicted octanol–water partition coefficient (Wildman–Crippen LogP) is 3.27. The van der Waals surface area contributed by atoms with Gasteiger partial charge in [-0.15, -0.1) is 0 Å². The van der Waals surface area contributed by atoms with Gasteiger partial charge in [0.05, 0.1) is 0 Å². The van der Waals surface area contributed by atoms with Crippen molar-refractivity contribution < 1.29 is 4.84 Å².